The van der Waals surface area contributed by atoms with E-state index in [1.54, 1.807) is 11.1 Å². The molecule has 0 aromatic carbocycles. The third-order valence-corrected chi connectivity index (χ3v) is 3.20. The first-order valence-electron chi connectivity index (χ1n) is 6.63. The number of carbonyl (C=O) groups is 1. The molecule has 3 N–H and O–H groups in total. The maximum Gasteiger partial charge on any atom is 0.410 e. The number of nitrogens with one attached hydrogen (secondary N) is 1. The maximum atomic E-state index is 11.9. The van der Waals surface area contributed by atoms with Crippen molar-refractivity contribution in [3.8, 4) is 0 Å². The van der Waals surface area contributed by atoms with Crippen LogP contribution in [0.2, 0.25) is 0 Å². The summed E-state index contributed by atoms with van der Waals surface area (Å²) in [4.78, 5) is 20.8. The quantitative estimate of drug-likeness (QED) is 0.815. The monoisotopic (exact) mass is 266 g/mol. The number of ether oxygens (including phenoxy) is 1. The van der Waals surface area contributed by atoms with Gasteiger partial charge in [-0.3, -0.25) is 0 Å². The summed E-state index contributed by atoms with van der Waals surface area (Å²) in [7, 11) is 0. The van der Waals surface area contributed by atoms with Gasteiger partial charge in [-0.05, 0) is 33.6 Å². The Hall–Kier alpha value is -1.72. The Morgan fingerprint density at radius 2 is 2.11 bits per heavy atom. The number of aromatic amines is 1. The van der Waals surface area contributed by atoms with E-state index in [1.807, 2.05) is 20.8 Å². The summed E-state index contributed by atoms with van der Waals surface area (Å²) in [6, 6.07) is 0. The highest BCUT2D eigenvalue weighted by Crippen LogP contribution is 2.27. The minimum absolute atomic E-state index is 0.227. The van der Waals surface area contributed by atoms with Gasteiger partial charge in [0.15, 0.2) is 5.95 Å². The molecule has 2 rings (SSSR count). The molecule has 1 aromatic rings. The van der Waals surface area contributed by atoms with Gasteiger partial charge in [0.1, 0.15) is 5.60 Å². The third kappa shape index (κ3) is 3.62. The molecule has 0 aliphatic carbocycles. The number of carbonyl (C=O) groups excluding carboxylic acids is 1. The Kier molecular flexibility index (Phi) is 3.68. The summed E-state index contributed by atoms with van der Waals surface area (Å²) < 4.78 is 5.37. The van der Waals surface area contributed by atoms with E-state index < -0.39 is 5.60 Å². The van der Waals surface area contributed by atoms with Gasteiger partial charge in [-0.15, -0.1) is 0 Å². The van der Waals surface area contributed by atoms with E-state index in [1.165, 1.54) is 0 Å². The minimum Gasteiger partial charge on any atom is -0.444 e. The maximum absolute atomic E-state index is 11.9. The average molecular weight is 266 g/mol. The lowest BCUT2D eigenvalue weighted by atomic mass is 9.94. The third-order valence-electron chi connectivity index (χ3n) is 3.20. The first kappa shape index (κ1) is 13.7. The number of nitrogens with two attached hydrogens (primary N) is 1. The normalized spacial score (nSPS) is 17.5. The van der Waals surface area contributed by atoms with Crippen LogP contribution in [0.5, 0.6) is 0 Å². The SMILES string of the molecule is CC(C)(C)OC(=O)N1CCC(c2cnc(N)[nH]2)CC1. The van der Waals surface area contributed by atoms with E-state index in [4.69, 9.17) is 10.5 Å². The fraction of sp³-hybridized carbons (Fsp3) is 0.692. The van der Waals surface area contributed by atoms with Crippen molar-refractivity contribution in [1.29, 1.82) is 0 Å². The van der Waals surface area contributed by atoms with Gasteiger partial charge in [-0.2, -0.15) is 0 Å². The molecule has 0 unspecified atom stereocenters. The lowest BCUT2D eigenvalue weighted by molar-refractivity contribution is 0.0204. The number of amides is 1. The Labute approximate surface area is 113 Å². The Morgan fingerprint density at radius 1 is 1.47 bits per heavy atom. The van der Waals surface area contributed by atoms with E-state index >= 15 is 0 Å². The first-order chi connectivity index (χ1) is 8.85. The molecule has 0 atom stereocenters. The standard InChI is InChI=1S/C13H22N4O2/c1-13(2,3)19-12(18)17-6-4-9(5-7-17)10-8-15-11(14)16-10/h8-9H,4-7H2,1-3H3,(H3,14,15,16). The smallest absolute Gasteiger partial charge is 0.410 e. The van der Waals surface area contributed by atoms with Gasteiger partial charge in [-0.25, -0.2) is 9.78 Å². The van der Waals surface area contributed by atoms with Crippen LogP contribution in [0.1, 0.15) is 45.2 Å². The molecule has 6 heteroatoms. The summed E-state index contributed by atoms with van der Waals surface area (Å²) >= 11 is 0. The fourth-order valence-electron chi connectivity index (χ4n) is 2.26. The Balaban J connectivity index is 1.87. The largest absolute Gasteiger partial charge is 0.444 e. The van der Waals surface area contributed by atoms with Gasteiger partial charge in [0.25, 0.3) is 0 Å². The highest BCUT2D eigenvalue weighted by molar-refractivity contribution is 5.68. The number of hydrogen-bond acceptors (Lipinski definition) is 4. The van der Waals surface area contributed by atoms with E-state index in [0.717, 1.165) is 18.5 Å². The Morgan fingerprint density at radius 3 is 2.58 bits per heavy atom. The second kappa shape index (κ2) is 5.11. The van der Waals surface area contributed by atoms with Crippen LogP contribution >= 0.6 is 0 Å². The zero-order chi connectivity index (χ0) is 14.0. The minimum atomic E-state index is -0.439. The van der Waals surface area contributed by atoms with Gasteiger partial charge < -0.3 is 20.4 Å². The number of imidazole rings is 1. The number of anilines is 1. The van der Waals surface area contributed by atoms with Crippen LogP contribution in [0.25, 0.3) is 0 Å². The van der Waals surface area contributed by atoms with E-state index in [2.05, 4.69) is 9.97 Å². The predicted octanol–water partition coefficient (Wildman–Crippen LogP) is 2.11. The van der Waals surface area contributed by atoms with Gasteiger partial charge in [0.05, 0.1) is 6.20 Å². The van der Waals surface area contributed by atoms with Crippen LogP contribution in [-0.4, -0.2) is 39.7 Å². The molecule has 0 bridgehead atoms. The van der Waals surface area contributed by atoms with E-state index in [0.29, 0.717) is 25.0 Å². The zero-order valence-electron chi connectivity index (χ0n) is 11.8. The molecule has 6 nitrogen and oxygen atoms in total. The summed E-state index contributed by atoms with van der Waals surface area (Å²) in [5.74, 6) is 0.841. The van der Waals surface area contributed by atoms with Gasteiger partial charge >= 0.3 is 6.09 Å². The lowest BCUT2D eigenvalue weighted by Gasteiger charge is -2.33. The van der Waals surface area contributed by atoms with Gasteiger partial charge in [0.2, 0.25) is 0 Å². The number of piperidine rings is 1. The number of likely N-dealkylation sites (tertiary alicyclic amines) is 1. The molecule has 19 heavy (non-hydrogen) atoms. The Bertz CT molecular complexity index is 442. The first-order valence-corrected chi connectivity index (χ1v) is 6.63. The lowest BCUT2D eigenvalue weighted by Crippen LogP contribution is -2.41. The van der Waals surface area contributed by atoms with Crippen LogP contribution in [0, 0.1) is 0 Å². The van der Waals surface area contributed by atoms with Crippen molar-refractivity contribution in [2.24, 2.45) is 0 Å². The van der Waals surface area contributed by atoms with E-state index in [-0.39, 0.29) is 6.09 Å². The zero-order valence-corrected chi connectivity index (χ0v) is 11.8. The van der Waals surface area contributed by atoms with Crippen molar-refractivity contribution < 1.29 is 9.53 Å². The fourth-order valence-corrected chi connectivity index (χ4v) is 2.26. The molecule has 1 saturated heterocycles. The summed E-state index contributed by atoms with van der Waals surface area (Å²) in [5.41, 5.74) is 6.20. The molecule has 1 amide bonds. The molecule has 106 valence electrons. The molecular weight excluding hydrogens is 244 g/mol. The van der Waals surface area contributed by atoms with Gasteiger partial charge in [-0.1, -0.05) is 0 Å². The second-order valence-corrected chi connectivity index (χ2v) is 5.97. The van der Waals surface area contributed by atoms with Crippen LogP contribution in [-0.2, 0) is 4.74 Å². The average Bonchev–Trinajstić information content (AvgIpc) is 2.74. The van der Waals surface area contributed by atoms with Crippen LogP contribution < -0.4 is 5.73 Å². The topological polar surface area (TPSA) is 84.2 Å². The number of nitrogen functional groups attached to an aromatic ring is 1. The number of hydrogen-bond donors (Lipinski definition) is 2. The highest BCUT2D eigenvalue weighted by atomic mass is 16.6. The summed E-state index contributed by atoms with van der Waals surface area (Å²) in [5, 5.41) is 0. The van der Waals surface area contributed by atoms with Crippen LogP contribution in [0.3, 0.4) is 0 Å². The van der Waals surface area contributed by atoms with Crippen LogP contribution in [0.15, 0.2) is 6.20 Å². The highest BCUT2D eigenvalue weighted by Gasteiger charge is 2.28. The molecule has 0 saturated carbocycles. The van der Waals surface area contributed by atoms with Crippen molar-refractivity contribution in [1.82, 2.24) is 14.9 Å². The molecule has 1 fully saturated rings. The number of aromatic nitrogens is 2. The van der Waals surface area contributed by atoms with Crippen molar-refractivity contribution in [3.63, 3.8) is 0 Å². The molecule has 1 aromatic heterocycles. The molecular formula is C13H22N4O2. The molecule has 1 aliphatic heterocycles. The number of rotatable bonds is 1. The van der Waals surface area contributed by atoms with Crippen LogP contribution in [0.4, 0.5) is 10.7 Å². The molecule has 0 radical (unpaired) electrons. The number of H-pyrrole nitrogens is 1. The summed E-state index contributed by atoms with van der Waals surface area (Å²) in [6.45, 7) is 7.05. The van der Waals surface area contributed by atoms with E-state index in [9.17, 15) is 4.79 Å². The second-order valence-electron chi connectivity index (χ2n) is 5.97. The van der Waals surface area contributed by atoms with Crippen molar-refractivity contribution in [2.45, 2.75) is 45.1 Å². The number of nitrogens with zero attached hydrogens (tertiary/aromatic N) is 2. The van der Waals surface area contributed by atoms with Crippen molar-refractivity contribution >= 4 is 12.0 Å². The predicted molar refractivity (Wildman–Crippen MR) is 72.8 cm³/mol. The molecule has 1 aliphatic rings. The van der Waals surface area contributed by atoms with Crippen molar-refractivity contribution in [2.75, 3.05) is 18.8 Å². The van der Waals surface area contributed by atoms with Gasteiger partial charge in [0, 0.05) is 24.7 Å². The molecule has 2 heterocycles. The molecule has 0 spiro atoms. The summed E-state index contributed by atoms with van der Waals surface area (Å²) in [6.07, 6.45) is 3.36. The van der Waals surface area contributed by atoms with Crippen molar-refractivity contribution in [3.05, 3.63) is 11.9 Å².